The topological polar surface area (TPSA) is 104 Å². The maximum Gasteiger partial charge on any atom is 0.315 e. The summed E-state index contributed by atoms with van der Waals surface area (Å²) in [4.78, 5) is 23.3. The van der Waals surface area contributed by atoms with Crippen molar-refractivity contribution in [1.82, 2.24) is 21.5 Å². The van der Waals surface area contributed by atoms with Gasteiger partial charge in [0.1, 0.15) is 5.75 Å². The van der Waals surface area contributed by atoms with Gasteiger partial charge in [-0.2, -0.15) is 0 Å². The Morgan fingerprint density at radius 2 is 2.35 bits per heavy atom. The monoisotopic (exact) mass is 319 g/mol. The van der Waals surface area contributed by atoms with E-state index in [-0.39, 0.29) is 30.6 Å². The van der Waals surface area contributed by atoms with Gasteiger partial charge in [0.2, 0.25) is 0 Å². The minimum Gasteiger partial charge on any atom is -0.482 e. The second-order valence-electron chi connectivity index (χ2n) is 5.73. The number of carbonyl (C=O) groups excluding carboxylic acids is 2. The molecule has 1 fully saturated rings. The number of amides is 3. The standard InChI is InChI=1S/C15H21N5O3/c1-9(18-15(22)16-7-11-4-5-17-20-11)10-2-3-13-12(6-10)19-14(21)8-23-13/h2-3,6,9,11,17,20H,4-5,7-8H2,1H3,(H,19,21)(H2,16,18,22). The lowest BCUT2D eigenvalue weighted by Gasteiger charge is -2.21. The van der Waals surface area contributed by atoms with Crippen molar-refractivity contribution in [3.8, 4) is 5.75 Å². The Bertz CT molecular complexity index is 601. The molecule has 0 aliphatic carbocycles. The summed E-state index contributed by atoms with van der Waals surface area (Å²) in [6.45, 7) is 3.40. The van der Waals surface area contributed by atoms with Gasteiger partial charge in [-0.05, 0) is 31.0 Å². The predicted octanol–water partition coefficient (Wildman–Crippen LogP) is 0.244. The van der Waals surface area contributed by atoms with E-state index in [2.05, 4.69) is 26.8 Å². The Morgan fingerprint density at radius 3 is 3.13 bits per heavy atom. The third kappa shape index (κ3) is 3.91. The Hall–Kier alpha value is -2.32. The number of hydrogen-bond acceptors (Lipinski definition) is 5. The number of hydrazine groups is 1. The van der Waals surface area contributed by atoms with Gasteiger partial charge < -0.3 is 20.7 Å². The molecule has 2 unspecified atom stereocenters. The summed E-state index contributed by atoms with van der Waals surface area (Å²) in [5, 5.41) is 8.50. The molecule has 3 amide bonds. The third-order valence-electron chi connectivity index (χ3n) is 3.92. The summed E-state index contributed by atoms with van der Waals surface area (Å²) in [5.74, 6) is 0.468. The molecule has 0 aromatic heterocycles. The van der Waals surface area contributed by atoms with E-state index in [1.807, 2.05) is 19.1 Å². The number of fused-ring (bicyclic) bond motifs is 1. The van der Waals surface area contributed by atoms with Crippen LogP contribution in [0.2, 0.25) is 0 Å². The number of urea groups is 1. The fourth-order valence-electron chi connectivity index (χ4n) is 2.61. The van der Waals surface area contributed by atoms with E-state index < -0.39 is 0 Å². The van der Waals surface area contributed by atoms with Crippen molar-refractivity contribution >= 4 is 17.6 Å². The maximum atomic E-state index is 12.0. The maximum absolute atomic E-state index is 12.0. The van der Waals surface area contributed by atoms with Gasteiger partial charge in [-0.25, -0.2) is 4.79 Å². The van der Waals surface area contributed by atoms with E-state index in [9.17, 15) is 9.59 Å². The number of rotatable bonds is 4. The Morgan fingerprint density at radius 1 is 1.48 bits per heavy atom. The van der Waals surface area contributed by atoms with Crippen molar-refractivity contribution in [1.29, 1.82) is 0 Å². The van der Waals surface area contributed by atoms with Crippen LogP contribution in [-0.2, 0) is 4.79 Å². The molecule has 0 bridgehead atoms. The molecule has 1 aromatic carbocycles. The van der Waals surface area contributed by atoms with Gasteiger partial charge in [0.15, 0.2) is 6.61 Å². The second-order valence-corrected chi connectivity index (χ2v) is 5.73. The van der Waals surface area contributed by atoms with Gasteiger partial charge in [-0.1, -0.05) is 6.07 Å². The van der Waals surface area contributed by atoms with Crippen LogP contribution in [0.1, 0.15) is 24.9 Å². The SMILES string of the molecule is CC(NC(=O)NCC1CCNN1)c1ccc2c(c1)NC(=O)CO2. The minimum absolute atomic E-state index is 0.0343. The van der Waals surface area contributed by atoms with Crippen LogP contribution in [-0.4, -0.2) is 37.7 Å². The fraction of sp³-hybridized carbons (Fsp3) is 0.467. The normalized spacial score (nSPS) is 20.9. The lowest BCUT2D eigenvalue weighted by atomic mass is 10.1. The summed E-state index contributed by atoms with van der Waals surface area (Å²) in [6, 6.07) is 5.35. The lowest BCUT2D eigenvalue weighted by Crippen LogP contribution is -2.44. The van der Waals surface area contributed by atoms with Crippen molar-refractivity contribution in [2.45, 2.75) is 25.4 Å². The van der Waals surface area contributed by atoms with Crippen molar-refractivity contribution in [3.05, 3.63) is 23.8 Å². The summed E-state index contributed by atoms with van der Waals surface area (Å²) in [7, 11) is 0. The number of anilines is 1. The first kappa shape index (κ1) is 15.6. The molecule has 2 atom stereocenters. The van der Waals surface area contributed by atoms with E-state index in [0.717, 1.165) is 18.5 Å². The van der Waals surface area contributed by atoms with Crippen LogP contribution < -0.4 is 31.5 Å². The zero-order chi connectivity index (χ0) is 16.2. The highest BCUT2D eigenvalue weighted by Crippen LogP contribution is 2.30. The summed E-state index contributed by atoms with van der Waals surface area (Å²) >= 11 is 0. The molecular weight excluding hydrogens is 298 g/mol. The molecule has 3 rings (SSSR count). The number of benzene rings is 1. The van der Waals surface area contributed by atoms with Crippen LogP contribution in [0, 0.1) is 0 Å². The zero-order valence-corrected chi connectivity index (χ0v) is 12.9. The Labute approximate surface area is 134 Å². The molecule has 0 radical (unpaired) electrons. The molecular formula is C15H21N5O3. The molecule has 124 valence electrons. The molecule has 0 spiro atoms. The van der Waals surface area contributed by atoms with Gasteiger partial charge in [-0.3, -0.25) is 15.6 Å². The molecule has 2 heterocycles. The van der Waals surface area contributed by atoms with Crippen LogP contribution in [0.15, 0.2) is 18.2 Å². The van der Waals surface area contributed by atoms with Gasteiger partial charge >= 0.3 is 6.03 Å². The molecule has 1 saturated heterocycles. The molecule has 8 heteroatoms. The number of carbonyl (C=O) groups is 2. The summed E-state index contributed by atoms with van der Waals surface area (Å²) < 4.78 is 5.32. The Kier molecular flexibility index (Phi) is 4.63. The van der Waals surface area contributed by atoms with Gasteiger partial charge in [0.25, 0.3) is 5.91 Å². The molecule has 2 aliphatic rings. The second kappa shape index (κ2) is 6.84. The Balaban J connectivity index is 1.55. The summed E-state index contributed by atoms with van der Waals surface area (Å²) in [6.07, 6.45) is 0.986. The smallest absolute Gasteiger partial charge is 0.315 e. The average Bonchev–Trinajstić information content (AvgIpc) is 3.05. The average molecular weight is 319 g/mol. The first-order chi connectivity index (χ1) is 11.1. The van der Waals surface area contributed by atoms with E-state index in [0.29, 0.717) is 18.0 Å². The molecule has 2 aliphatic heterocycles. The largest absolute Gasteiger partial charge is 0.482 e. The lowest BCUT2D eigenvalue weighted by molar-refractivity contribution is -0.118. The van der Waals surface area contributed by atoms with E-state index in [1.165, 1.54) is 0 Å². The van der Waals surface area contributed by atoms with Crippen LogP contribution in [0.5, 0.6) is 5.75 Å². The fourth-order valence-corrected chi connectivity index (χ4v) is 2.61. The highest BCUT2D eigenvalue weighted by Gasteiger charge is 2.19. The minimum atomic E-state index is -0.218. The van der Waals surface area contributed by atoms with Crippen LogP contribution in [0.3, 0.4) is 0 Å². The molecule has 1 aromatic rings. The number of ether oxygens (including phenoxy) is 1. The van der Waals surface area contributed by atoms with Crippen molar-refractivity contribution in [3.63, 3.8) is 0 Å². The molecule has 23 heavy (non-hydrogen) atoms. The van der Waals surface area contributed by atoms with Gasteiger partial charge in [0.05, 0.1) is 11.7 Å². The van der Waals surface area contributed by atoms with Gasteiger partial charge in [-0.15, -0.1) is 0 Å². The molecule has 5 N–H and O–H groups in total. The van der Waals surface area contributed by atoms with Crippen LogP contribution in [0.25, 0.3) is 0 Å². The van der Waals surface area contributed by atoms with E-state index in [4.69, 9.17) is 4.74 Å². The van der Waals surface area contributed by atoms with Crippen LogP contribution in [0.4, 0.5) is 10.5 Å². The first-order valence-electron chi connectivity index (χ1n) is 7.71. The van der Waals surface area contributed by atoms with Crippen molar-refractivity contribution < 1.29 is 14.3 Å². The summed E-state index contributed by atoms with van der Waals surface area (Å²) in [5.41, 5.74) is 7.64. The molecule has 8 nitrogen and oxygen atoms in total. The molecule has 0 saturated carbocycles. The highest BCUT2D eigenvalue weighted by atomic mass is 16.5. The number of hydrogen-bond donors (Lipinski definition) is 5. The number of nitrogens with one attached hydrogen (secondary N) is 5. The van der Waals surface area contributed by atoms with Crippen LogP contribution >= 0.6 is 0 Å². The zero-order valence-electron chi connectivity index (χ0n) is 12.9. The van der Waals surface area contributed by atoms with E-state index >= 15 is 0 Å². The van der Waals surface area contributed by atoms with E-state index in [1.54, 1.807) is 6.07 Å². The highest BCUT2D eigenvalue weighted by molar-refractivity contribution is 5.95. The van der Waals surface area contributed by atoms with Crippen molar-refractivity contribution in [2.75, 3.05) is 25.0 Å². The van der Waals surface area contributed by atoms with Gasteiger partial charge in [0, 0.05) is 19.1 Å². The quantitative estimate of drug-likeness (QED) is 0.547. The predicted molar refractivity (Wildman–Crippen MR) is 85.1 cm³/mol. The van der Waals surface area contributed by atoms with Crippen molar-refractivity contribution in [2.24, 2.45) is 0 Å². The third-order valence-corrected chi connectivity index (χ3v) is 3.92. The first-order valence-corrected chi connectivity index (χ1v) is 7.71.